The summed E-state index contributed by atoms with van der Waals surface area (Å²) in [5.74, 6) is -3.15. The van der Waals surface area contributed by atoms with E-state index in [0.29, 0.717) is 24.5 Å². The van der Waals surface area contributed by atoms with Gasteiger partial charge in [0, 0.05) is 39.3 Å². The zero-order chi connectivity index (χ0) is 20.7. The van der Waals surface area contributed by atoms with E-state index in [1.54, 1.807) is 20.8 Å². The topological polar surface area (TPSA) is 155 Å². The number of carboxylic acid groups (broad SMARTS) is 3. The second kappa shape index (κ2) is 9.97. The van der Waals surface area contributed by atoms with Crippen LogP contribution in [0.15, 0.2) is 12.1 Å². The molecule has 0 spiro atoms. The van der Waals surface area contributed by atoms with Gasteiger partial charge < -0.3 is 20.4 Å². The second-order valence-corrected chi connectivity index (χ2v) is 6.65. The van der Waals surface area contributed by atoms with Crippen molar-refractivity contribution in [3.8, 4) is 5.75 Å². The van der Waals surface area contributed by atoms with Gasteiger partial charge in [0.25, 0.3) is 0 Å². The van der Waals surface area contributed by atoms with Crippen molar-refractivity contribution in [2.75, 3.05) is 45.8 Å². The van der Waals surface area contributed by atoms with Crippen molar-refractivity contribution < 1.29 is 34.8 Å². The third-order valence-electron chi connectivity index (χ3n) is 4.31. The van der Waals surface area contributed by atoms with Gasteiger partial charge in [0.2, 0.25) is 0 Å². The minimum absolute atomic E-state index is 0.0752. The van der Waals surface area contributed by atoms with Crippen LogP contribution in [0.3, 0.4) is 0 Å². The minimum atomic E-state index is -1.04. The molecular weight excluding hydrogens is 372 g/mol. The maximum absolute atomic E-state index is 11.2. The molecule has 0 radical (unpaired) electrons. The van der Waals surface area contributed by atoms with E-state index in [9.17, 15) is 19.5 Å². The largest absolute Gasteiger partial charge is 0.506 e. The summed E-state index contributed by atoms with van der Waals surface area (Å²) in [6.07, 6.45) is 0. The molecule has 1 aliphatic heterocycles. The fourth-order valence-corrected chi connectivity index (χ4v) is 3.02. The number of carboxylic acids is 3. The minimum Gasteiger partial charge on any atom is -0.506 e. The first kappa shape index (κ1) is 21.5. The number of fused-ring (bicyclic) bond motifs is 2. The van der Waals surface area contributed by atoms with Gasteiger partial charge in [-0.15, -0.1) is 0 Å². The second-order valence-electron chi connectivity index (χ2n) is 6.65. The molecule has 0 saturated carbocycles. The molecule has 0 amide bonds. The van der Waals surface area contributed by atoms with Crippen molar-refractivity contribution in [2.24, 2.45) is 0 Å². The molecule has 2 heterocycles. The normalized spacial score (nSPS) is 17.4. The van der Waals surface area contributed by atoms with Crippen LogP contribution in [0.4, 0.5) is 0 Å². The lowest BCUT2D eigenvalue weighted by Crippen LogP contribution is -2.44. The van der Waals surface area contributed by atoms with E-state index in [0.717, 1.165) is 0 Å². The fraction of sp³-hybridized carbons (Fsp3) is 0.529. The lowest BCUT2D eigenvalue weighted by molar-refractivity contribution is -0.140. The summed E-state index contributed by atoms with van der Waals surface area (Å²) in [7, 11) is 0. The number of aliphatic carboxylic acids is 3. The SMILES string of the molecule is O=C(O)CN1CCN(CC(=O)O)Cc2ccc(O)c(n2)CN(CC(=O)O)CC1. The quantitative estimate of drug-likeness (QED) is 0.466. The van der Waals surface area contributed by atoms with Crippen molar-refractivity contribution in [3.63, 3.8) is 0 Å². The molecule has 0 aliphatic carbocycles. The van der Waals surface area contributed by atoms with Gasteiger partial charge in [-0.1, -0.05) is 0 Å². The molecule has 11 nitrogen and oxygen atoms in total. The van der Waals surface area contributed by atoms with Crippen LogP contribution in [-0.2, 0) is 27.5 Å². The van der Waals surface area contributed by atoms with Crippen LogP contribution in [0, 0.1) is 0 Å². The Kier molecular flexibility index (Phi) is 7.67. The van der Waals surface area contributed by atoms with Crippen LogP contribution in [-0.4, -0.2) is 104 Å². The third kappa shape index (κ3) is 7.10. The van der Waals surface area contributed by atoms with E-state index in [1.165, 1.54) is 6.07 Å². The van der Waals surface area contributed by atoms with Gasteiger partial charge in [-0.25, -0.2) is 0 Å². The predicted octanol–water partition coefficient (Wildman–Crippen LogP) is -1.04. The number of rotatable bonds is 6. The highest BCUT2D eigenvalue weighted by Gasteiger charge is 2.20. The number of aromatic hydroxyl groups is 1. The number of pyridine rings is 1. The molecule has 28 heavy (non-hydrogen) atoms. The Labute approximate surface area is 161 Å². The Hall–Kier alpha value is -2.76. The maximum atomic E-state index is 11.2. The first-order valence-corrected chi connectivity index (χ1v) is 8.73. The molecule has 0 unspecified atom stereocenters. The highest BCUT2D eigenvalue weighted by atomic mass is 16.4. The van der Waals surface area contributed by atoms with Crippen molar-refractivity contribution in [3.05, 3.63) is 23.5 Å². The Balaban J connectivity index is 2.30. The number of hydrogen-bond acceptors (Lipinski definition) is 8. The standard InChI is InChI=1S/C17H24N4O7/c22-14-2-1-12-7-20(10-16(25)26)5-3-19(9-15(23)24)4-6-21(11-17(27)28)8-13(14)18-12/h1-2,22H,3-11H2,(H,23,24)(H,25,26)(H,27,28). The molecule has 0 aromatic carbocycles. The van der Waals surface area contributed by atoms with E-state index in [1.807, 2.05) is 0 Å². The van der Waals surface area contributed by atoms with Gasteiger partial charge in [0.1, 0.15) is 5.75 Å². The molecule has 1 aromatic heterocycles. The van der Waals surface area contributed by atoms with E-state index in [4.69, 9.17) is 15.3 Å². The third-order valence-corrected chi connectivity index (χ3v) is 4.31. The first-order chi connectivity index (χ1) is 13.2. The van der Waals surface area contributed by atoms with Crippen LogP contribution in [0.5, 0.6) is 5.75 Å². The van der Waals surface area contributed by atoms with Crippen LogP contribution in [0.25, 0.3) is 0 Å². The van der Waals surface area contributed by atoms with E-state index in [-0.39, 0.29) is 51.6 Å². The van der Waals surface area contributed by atoms with Gasteiger partial charge in [0.15, 0.2) is 0 Å². The summed E-state index contributed by atoms with van der Waals surface area (Å²) in [5.41, 5.74) is 0.828. The fourth-order valence-electron chi connectivity index (χ4n) is 3.02. The van der Waals surface area contributed by atoms with E-state index in [2.05, 4.69) is 4.98 Å². The average molecular weight is 396 g/mol. The predicted molar refractivity (Wildman–Crippen MR) is 95.8 cm³/mol. The number of aromatic nitrogens is 1. The lowest BCUT2D eigenvalue weighted by Gasteiger charge is -2.29. The molecule has 2 bridgehead atoms. The molecule has 4 N–H and O–H groups in total. The smallest absolute Gasteiger partial charge is 0.317 e. The summed E-state index contributed by atoms with van der Waals surface area (Å²) in [6, 6.07) is 3.04. The van der Waals surface area contributed by atoms with Gasteiger partial charge >= 0.3 is 17.9 Å². The summed E-state index contributed by atoms with van der Waals surface area (Å²) >= 11 is 0. The summed E-state index contributed by atoms with van der Waals surface area (Å²) in [5, 5.41) is 37.5. The number of nitrogens with zero attached hydrogens (tertiary/aromatic N) is 4. The summed E-state index contributed by atoms with van der Waals surface area (Å²) < 4.78 is 0. The van der Waals surface area contributed by atoms with Crippen LogP contribution in [0.2, 0.25) is 0 Å². The van der Waals surface area contributed by atoms with Gasteiger partial charge in [-0.05, 0) is 12.1 Å². The molecule has 1 aromatic rings. The molecule has 0 saturated heterocycles. The zero-order valence-electron chi connectivity index (χ0n) is 15.3. The molecule has 154 valence electrons. The van der Waals surface area contributed by atoms with Crippen molar-refractivity contribution in [1.82, 2.24) is 19.7 Å². The van der Waals surface area contributed by atoms with Gasteiger partial charge in [-0.2, -0.15) is 0 Å². The monoisotopic (exact) mass is 396 g/mol. The Morgan fingerprint density at radius 2 is 1.25 bits per heavy atom. The molecule has 11 heteroatoms. The molecule has 1 aliphatic rings. The first-order valence-electron chi connectivity index (χ1n) is 8.73. The highest BCUT2D eigenvalue weighted by molar-refractivity contribution is 5.70. The number of hydrogen-bond donors (Lipinski definition) is 4. The van der Waals surface area contributed by atoms with Crippen LogP contribution < -0.4 is 0 Å². The molecule has 2 rings (SSSR count). The number of carbonyl (C=O) groups is 3. The lowest BCUT2D eigenvalue weighted by atomic mass is 10.2. The Bertz CT molecular complexity index is 727. The van der Waals surface area contributed by atoms with Crippen LogP contribution in [0.1, 0.15) is 11.4 Å². The highest BCUT2D eigenvalue weighted by Crippen LogP contribution is 2.18. The average Bonchev–Trinajstić information content (AvgIpc) is 2.57. The van der Waals surface area contributed by atoms with Gasteiger partial charge in [-0.3, -0.25) is 34.1 Å². The zero-order valence-corrected chi connectivity index (χ0v) is 15.3. The Morgan fingerprint density at radius 3 is 1.79 bits per heavy atom. The maximum Gasteiger partial charge on any atom is 0.317 e. The van der Waals surface area contributed by atoms with E-state index >= 15 is 0 Å². The van der Waals surface area contributed by atoms with E-state index < -0.39 is 17.9 Å². The van der Waals surface area contributed by atoms with Gasteiger partial charge in [0.05, 0.1) is 31.0 Å². The molecule has 0 fully saturated rings. The Morgan fingerprint density at radius 1 is 0.786 bits per heavy atom. The van der Waals surface area contributed by atoms with Crippen LogP contribution >= 0.6 is 0 Å². The van der Waals surface area contributed by atoms with Crippen molar-refractivity contribution in [1.29, 1.82) is 0 Å². The van der Waals surface area contributed by atoms with Crippen molar-refractivity contribution >= 4 is 17.9 Å². The summed E-state index contributed by atoms with van der Waals surface area (Å²) in [4.78, 5) is 42.7. The van der Waals surface area contributed by atoms with Crippen molar-refractivity contribution in [2.45, 2.75) is 13.1 Å². The summed E-state index contributed by atoms with van der Waals surface area (Å²) in [6.45, 7) is 0.676. The molecular formula is C17H24N4O7. The molecule has 0 atom stereocenters.